The van der Waals surface area contributed by atoms with E-state index in [0.29, 0.717) is 6.04 Å². The van der Waals surface area contributed by atoms with Crippen molar-refractivity contribution in [3.05, 3.63) is 29.8 Å². The highest BCUT2D eigenvalue weighted by atomic mass is 16.5. The predicted molar refractivity (Wildman–Crippen MR) is 66.1 cm³/mol. The average molecular weight is 218 g/mol. The molecule has 0 radical (unpaired) electrons. The topological polar surface area (TPSA) is 24.8 Å². The van der Waals surface area contributed by atoms with Crippen LogP contribution in [0.4, 0.5) is 0 Å². The maximum Gasteiger partial charge on any atom is 0.118 e. The van der Waals surface area contributed by atoms with E-state index < -0.39 is 0 Å². The molecule has 86 valence electrons. The molecule has 0 bridgehead atoms. The quantitative estimate of drug-likeness (QED) is 0.762. The molecule has 0 aliphatic carbocycles. The third-order valence-corrected chi connectivity index (χ3v) is 3.13. The molecule has 0 N–H and O–H groups in total. The number of hydrogen-bond acceptors (Lipinski definition) is 3. The fourth-order valence-corrected chi connectivity index (χ4v) is 1.93. The van der Waals surface area contributed by atoms with Gasteiger partial charge in [0.15, 0.2) is 0 Å². The Kier molecular flexibility index (Phi) is 3.13. The van der Waals surface area contributed by atoms with E-state index in [1.165, 1.54) is 5.56 Å². The first kappa shape index (κ1) is 11.0. The zero-order valence-corrected chi connectivity index (χ0v) is 10.1. The summed E-state index contributed by atoms with van der Waals surface area (Å²) in [6.45, 7) is 3.14. The number of ether oxygens (including phenoxy) is 1. The Bertz CT molecular complexity index is 383. The van der Waals surface area contributed by atoms with Gasteiger partial charge in [-0.15, -0.1) is 0 Å². The lowest BCUT2D eigenvalue weighted by Crippen LogP contribution is -2.30. The molecule has 3 nitrogen and oxygen atoms in total. The van der Waals surface area contributed by atoms with Crippen LogP contribution in [-0.4, -0.2) is 31.4 Å². The van der Waals surface area contributed by atoms with Gasteiger partial charge in [0.25, 0.3) is 0 Å². The van der Waals surface area contributed by atoms with Gasteiger partial charge < -0.3 is 9.64 Å². The average Bonchev–Trinajstić information content (AvgIpc) is 2.33. The van der Waals surface area contributed by atoms with E-state index in [1.54, 1.807) is 7.11 Å². The highest BCUT2D eigenvalue weighted by Crippen LogP contribution is 2.26. The minimum Gasteiger partial charge on any atom is -0.497 e. The van der Waals surface area contributed by atoms with Gasteiger partial charge in [0.05, 0.1) is 19.0 Å². The van der Waals surface area contributed by atoms with Crippen LogP contribution >= 0.6 is 0 Å². The molecule has 1 aromatic carbocycles. The molecule has 16 heavy (non-hydrogen) atoms. The number of nitrogens with zero attached hydrogens (tertiary/aromatic N) is 2. The Morgan fingerprint density at radius 1 is 1.31 bits per heavy atom. The van der Waals surface area contributed by atoms with Crippen LogP contribution in [0.3, 0.4) is 0 Å². The standard InChI is InChI=1S/C13H18N2O/c1-10-14-13(8-9-15(10)2)11-4-6-12(16-3)7-5-11/h4-7,13H,8-9H2,1-3H3. The SMILES string of the molecule is COc1ccc(C2CCN(C)C(C)=N2)cc1. The fraction of sp³-hybridized carbons (Fsp3) is 0.462. The summed E-state index contributed by atoms with van der Waals surface area (Å²) in [6, 6.07) is 8.51. The second-order valence-electron chi connectivity index (χ2n) is 4.18. The second-order valence-corrected chi connectivity index (χ2v) is 4.18. The molecule has 0 amide bonds. The van der Waals surface area contributed by atoms with Crippen molar-refractivity contribution >= 4 is 5.84 Å². The molecule has 3 heteroatoms. The summed E-state index contributed by atoms with van der Waals surface area (Å²) in [6.07, 6.45) is 1.08. The first-order valence-electron chi connectivity index (χ1n) is 5.60. The lowest BCUT2D eigenvalue weighted by Gasteiger charge is -2.28. The van der Waals surface area contributed by atoms with E-state index in [0.717, 1.165) is 24.6 Å². The fourth-order valence-electron chi connectivity index (χ4n) is 1.93. The smallest absolute Gasteiger partial charge is 0.118 e. The summed E-state index contributed by atoms with van der Waals surface area (Å²) in [7, 11) is 3.77. The molecule has 1 heterocycles. The summed E-state index contributed by atoms with van der Waals surface area (Å²) in [5.41, 5.74) is 1.27. The summed E-state index contributed by atoms with van der Waals surface area (Å²) in [5.74, 6) is 2.02. The first-order valence-corrected chi connectivity index (χ1v) is 5.60. The highest BCUT2D eigenvalue weighted by Gasteiger charge is 2.17. The predicted octanol–water partition coefficient (Wildman–Crippen LogP) is 2.49. The number of rotatable bonds is 2. The van der Waals surface area contributed by atoms with Gasteiger partial charge in [-0.2, -0.15) is 0 Å². The Labute approximate surface area is 96.7 Å². The van der Waals surface area contributed by atoms with Gasteiger partial charge in [0.1, 0.15) is 5.75 Å². The molecule has 0 fully saturated rings. The van der Waals surface area contributed by atoms with Gasteiger partial charge in [-0.1, -0.05) is 12.1 Å². The van der Waals surface area contributed by atoms with Gasteiger partial charge in [-0.3, -0.25) is 4.99 Å². The van der Waals surface area contributed by atoms with E-state index in [4.69, 9.17) is 9.73 Å². The summed E-state index contributed by atoms with van der Waals surface area (Å²) >= 11 is 0. The Morgan fingerprint density at radius 2 is 2.00 bits per heavy atom. The van der Waals surface area contributed by atoms with Crippen LogP contribution in [-0.2, 0) is 0 Å². The van der Waals surface area contributed by atoms with Crippen molar-refractivity contribution in [3.8, 4) is 5.75 Å². The van der Waals surface area contributed by atoms with Crippen molar-refractivity contribution in [3.63, 3.8) is 0 Å². The Hall–Kier alpha value is -1.51. The van der Waals surface area contributed by atoms with E-state index in [9.17, 15) is 0 Å². The van der Waals surface area contributed by atoms with Gasteiger partial charge >= 0.3 is 0 Å². The van der Waals surface area contributed by atoms with Crippen LogP contribution in [0.1, 0.15) is 24.9 Å². The minimum absolute atomic E-state index is 0.308. The van der Waals surface area contributed by atoms with E-state index >= 15 is 0 Å². The van der Waals surface area contributed by atoms with Crippen LogP contribution in [0.15, 0.2) is 29.3 Å². The molecular weight excluding hydrogens is 200 g/mol. The molecule has 1 atom stereocenters. The molecule has 1 aliphatic rings. The van der Waals surface area contributed by atoms with Gasteiger partial charge in [0.2, 0.25) is 0 Å². The Balaban J connectivity index is 2.18. The van der Waals surface area contributed by atoms with Crippen molar-refractivity contribution < 1.29 is 4.74 Å². The number of aliphatic imine (C=N–C) groups is 1. The van der Waals surface area contributed by atoms with Crippen molar-refractivity contribution in [2.75, 3.05) is 20.7 Å². The van der Waals surface area contributed by atoms with Crippen molar-refractivity contribution in [1.82, 2.24) is 4.90 Å². The molecule has 0 saturated carbocycles. The zero-order valence-electron chi connectivity index (χ0n) is 10.1. The van der Waals surface area contributed by atoms with Gasteiger partial charge in [-0.05, 0) is 31.0 Å². The van der Waals surface area contributed by atoms with Crippen LogP contribution in [0, 0.1) is 0 Å². The number of benzene rings is 1. The number of hydrogen-bond donors (Lipinski definition) is 0. The van der Waals surface area contributed by atoms with Crippen LogP contribution in [0.5, 0.6) is 5.75 Å². The van der Waals surface area contributed by atoms with Crippen LogP contribution in [0.2, 0.25) is 0 Å². The lowest BCUT2D eigenvalue weighted by molar-refractivity contribution is 0.412. The Morgan fingerprint density at radius 3 is 2.56 bits per heavy atom. The van der Waals surface area contributed by atoms with E-state index in [2.05, 4.69) is 31.0 Å². The van der Waals surface area contributed by atoms with E-state index in [1.807, 2.05) is 12.1 Å². The van der Waals surface area contributed by atoms with Crippen molar-refractivity contribution in [2.24, 2.45) is 4.99 Å². The first-order chi connectivity index (χ1) is 7.70. The highest BCUT2D eigenvalue weighted by molar-refractivity contribution is 5.80. The number of methoxy groups -OCH3 is 1. The molecule has 1 unspecified atom stereocenters. The summed E-state index contributed by atoms with van der Waals surface area (Å²) < 4.78 is 5.15. The molecular formula is C13H18N2O. The van der Waals surface area contributed by atoms with Crippen molar-refractivity contribution in [1.29, 1.82) is 0 Å². The zero-order chi connectivity index (χ0) is 11.5. The molecule has 0 spiro atoms. The second kappa shape index (κ2) is 4.56. The van der Waals surface area contributed by atoms with Crippen LogP contribution < -0.4 is 4.74 Å². The maximum absolute atomic E-state index is 5.15. The monoisotopic (exact) mass is 218 g/mol. The van der Waals surface area contributed by atoms with Gasteiger partial charge in [0, 0.05) is 13.6 Å². The van der Waals surface area contributed by atoms with Crippen molar-refractivity contribution in [2.45, 2.75) is 19.4 Å². The normalized spacial score (nSPS) is 20.6. The maximum atomic E-state index is 5.15. The molecule has 1 aromatic rings. The van der Waals surface area contributed by atoms with Gasteiger partial charge in [-0.25, -0.2) is 0 Å². The summed E-state index contributed by atoms with van der Waals surface area (Å²) in [5, 5.41) is 0. The third kappa shape index (κ3) is 2.18. The number of amidine groups is 1. The molecule has 2 rings (SSSR count). The minimum atomic E-state index is 0.308. The molecule has 0 aromatic heterocycles. The van der Waals surface area contributed by atoms with E-state index in [-0.39, 0.29) is 0 Å². The molecule has 1 aliphatic heterocycles. The largest absolute Gasteiger partial charge is 0.497 e. The summed E-state index contributed by atoms with van der Waals surface area (Å²) in [4.78, 5) is 6.89. The molecule has 0 saturated heterocycles. The lowest BCUT2D eigenvalue weighted by atomic mass is 10.0. The third-order valence-electron chi connectivity index (χ3n) is 3.13. The van der Waals surface area contributed by atoms with Crippen LogP contribution in [0.25, 0.3) is 0 Å².